The Kier molecular flexibility index (Phi) is 4.35. The van der Waals surface area contributed by atoms with Crippen molar-refractivity contribution in [3.63, 3.8) is 0 Å². The number of primary amides is 1. The molecule has 0 aromatic rings. The zero-order valence-corrected chi connectivity index (χ0v) is 8.84. The average Bonchev–Trinajstić information content (AvgIpc) is 2.15. The van der Waals surface area contributed by atoms with Crippen molar-refractivity contribution in [1.82, 2.24) is 5.32 Å². The zero-order valence-electron chi connectivity index (χ0n) is 8.84. The lowest BCUT2D eigenvalue weighted by Crippen LogP contribution is -2.51. The number of carbonyl (C=O) groups is 1. The first kappa shape index (κ1) is 11.5. The van der Waals surface area contributed by atoms with Crippen LogP contribution in [0.4, 0.5) is 0 Å². The summed E-state index contributed by atoms with van der Waals surface area (Å²) >= 11 is 0. The van der Waals surface area contributed by atoms with Crippen LogP contribution in [-0.4, -0.2) is 31.2 Å². The van der Waals surface area contributed by atoms with Gasteiger partial charge in [0.15, 0.2) is 0 Å². The van der Waals surface area contributed by atoms with Crippen LogP contribution in [0.5, 0.6) is 0 Å². The summed E-state index contributed by atoms with van der Waals surface area (Å²) in [6.45, 7) is 4.51. The first-order valence-corrected chi connectivity index (χ1v) is 5.30. The minimum absolute atomic E-state index is 0.0971. The molecule has 0 unspecified atom stereocenters. The van der Waals surface area contributed by atoms with E-state index >= 15 is 0 Å². The molecule has 1 amide bonds. The van der Waals surface area contributed by atoms with Gasteiger partial charge in [-0.2, -0.15) is 0 Å². The quantitative estimate of drug-likeness (QED) is 0.675. The summed E-state index contributed by atoms with van der Waals surface area (Å²) in [5.74, 6) is -0.226. The summed E-state index contributed by atoms with van der Waals surface area (Å²) in [4.78, 5) is 11.0. The maximum atomic E-state index is 11.0. The molecule has 1 aliphatic rings. The van der Waals surface area contributed by atoms with E-state index in [2.05, 4.69) is 12.2 Å². The van der Waals surface area contributed by atoms with Gasteiger partial charge in [-0.05, 0) is 25.8 Å². The van der Waals surface area contributed by atoms with Crippen LogP contribution in [0, 0.1) is 0 Å². The van der Waals surface area contributed by atoms with Crippen molar-refractivity contribution < 1.29 is 9.53 Å². The second kappa shape index (κ2) is 5.32. The predicted octanol–water partition coefficient (Wildman–Crippen LogP) is 0.411. The van der Waals surface area contributed by atoms with Crippen LogP contribution < -0.4 is 11.1 Å². The molecule has 0 aromatic carbocycles. The highest BCUT2D eigenvalue weighted by molar-refractivity contribution is 5.75. The van der Waals surface area contributed by atoms with Gasteiger partial charge < -0.3 is 15.8 Å². The lowest BCUT2D eigenvalue weighted by atomic mass is 9.86. The van der Waals surface area contributed by atoms with Crippen LogP contribution >= 0.6 is 0 Å². The summed E-state index contributed by atoms with van der Waals surface area (Å²) in [7, 11) is 0. The molecule has 0 atom stereocenters. The number of nitrogens with two attached hydrogens (primary N) is 1. The Hall–Kier alpha value is -0.610. The van der Waals surface area contributed by atoms with Gasteiger partial charge in [-0.3, -0.25) is 4.79 Å². The minimum atomic E-state index is -0.226. The van der Waals surface area contributed by atoms with Crippen LogP contribution in [0.2, 0.25) is 0 Å². The first-order valence-electron chi connectivity index (χ1n) is 5.30. The van der Waals surface area contributed by atoms with E-state index in [1.54, 1.807) is 0 Å². The first-order chi connectivity index (χ1) is 6.68. The number of nitrogens with one attached hydrogen (secondary N) is 1. The lowest BCUT2D eigenvalue weighted by Gasteiger charge is -2.37. The highest BCUT2D eigenvalue weighted by atomic mass is 16.5. The minimum Gasteiger partial charge on any atom is -0.381 e. The van der Waals surface area contributed by atoms with Gasteiger partial charge in [0.05, 0.1) is 0 Å². The number of rotatable bonds is 5. The third-order valence-corrected chi connectivity index (χ3v) is 2.71. The van der Waals surface area contributed by atoms with Gasteiger partial charge >= 0.3 is 0 Å². The zero-order chi connectivity index (χ0) is 10.4. The van der Waals surface area contributed by atoms with Crippen molar-refractivity contribution in [3.05, 3.63) is 0 Å². The topological polar surface area (TPSA) is 64.3 Å². The maximum Gasteiger partial charge on any atom is 0.219 e. The van der Waals surface area contributed by atoms with E-state index < -0.39 is 0 Å². The SMILES string of the molecule is CCCNC1(CC(N)=O)CCOCC1. The fraction of sp³-hybridized carbons (Fsp3) is 0.900. The largest absolute Gasteiger partial charge is 0.381 e. The molecule has 1 heterocycles. The molecule has 14 heavy (non-hydrogen) atoms. The lowest BCUT2D eigenvalue weighted by molar-refractivity contribution is -0.120. The number of amides is 1. The average molecular weight is 200 g/mol. The van der Waals surface area contributed by atoms with Gasteiger partial charge in [-0.1, -0.05) is 6.92 Å². The summed E-state index contributed by atoms with van der Waals surface area (Å²) < 4.78 is 5.29. The van der Waals surface area contributed by atoms with Crippen LogP contribution in [0.25, 0.3) is 0 Å². The van der Waals surface area contributed by atoms with Crippen LogP contribution in [0.15, 0.2) is 0 Å². The second-order valence-corrected chi connectivity index (χ2v) is 3.96. The molecule has 0 radical (unpaired) electrons. The van der Waals surface area contributed by atoms with E-state index in [9.17, 15) is 4.79 Å². The molecule has 82 valence electrons. The number of carbonyl (C=O) groups excluding carboxylic acids is 1. The molecule has 4 nitrogen and oxygen atoms in total. The van der Waals surface area contributed by atoms with E-state index in [-0.39, 0.29) is 11.4 Å². The normalized spacial score (nSPS) is 20.6. The molecule has 3 N–H and O–H groups in total. The monoisotopic (exact) mass is 200 g/mol. The van der Waals surface area contributed by atoms with E-state index in [0.717, 1.165) is 39.0 Å². The Morgan fingerprint density at radius 1 is 1.50 bits per heavy atom. The summed E-state index contributed by atoms with van der Waals surface area (Å²) in [6.07, 6.45) is 3.27. The van der Waals surface area contributed by atoms with Gasteiger partial charge in [0.2, 0.25) is 5.91 Å². The van der Waals surface area contributed by atoms with Crippen molar-refractivity contribution in [2.45, 2.75) is 38.1 Å². The van der Waals surface area contributed by atoms with E-state index in [1.807, 2.05) is 0 Å². The van der Waals surface area contributed by atoms with Crippen LogP contribution in [-0.2, 0) is 9.53 Å². The maximum absolute atomic E-state index is 11.0. The summed E-state index contributed by atoms with van der Waals surface area (Å²) in [5, 5.41) is 3.44. The molecule has 0 spiro atoms. The van der Waals surface area contributed by atoms with E-state index in [4.69, 9.17) is 10.5 Å². The van der Waals surface area contributed by atoms with Crippen molar-refractivity contribution in [2.75, 3.05) is 19.8 Å². The smallest absolute Gasteiger partial charge is 0.219 e. The van der Waals surface area contributed by atoms with Crippen LogP contribution in [0.1, 0.15) is 32.6 Å². The highest BCUT2D eigenvalue weighted by Gasteiger charge is 2.33. The number of hydrogen-bond acceptors (Lipinski definition) is 3. The van der Waals surface area contributed by atoms with Gasteiger partial charge in [0.25, 0.3) is 0 Å². The number of hydrogen-bond donors (Lipinski definition) is 2. The molecule has 1 fully saturated rings. The molecule has 1 aliphatic heterocycles. The van der Waals surface area contributed by atoms with Crippen molar-refractivity contribution in [3.8, 4) is 0 Å². The fourth-order valence-electron chi connectivity index (χ4n) is 1.90. The molecule has 1 saturated heterocycles. The third kappa shape index (κ3) is 3.27. The molecule has 0 saturated carbocycles. The number of ether oxygens (including phenoxy) is 1. The van der Waals surface area contributed by atoms with Crippen molar-refractivity contribution in [1.29, 1.82) is 0 Å². The van der Waals surface area contributed by atoms with Gasteiger partial charge in [-0.15, -0.1) is 0 Å². The van der Waals surface area contributed by atoms with Gasteiger partial charge in [-0.25, -0.2) is 0 Å². The second-order valence-electron chi connectivity index (χ2n) is 3.96. The Morgan fingerprint density at radius 2 is 2.14 bits per heavy atom. The van der Waals surface area contributed by atoms with Crippen molar-refractivity contribution in [2.24, 2.45) is 5.73 Å². The van der Waals surface area contributed by atoms with E-state index in [0.29, 0.717) is 6.42 Å². The molecule has 0 aromatic heterocycles. The fourth-order valence-corrected chi connectivity index (χ4v) is 1.90. The predicted molar refractivity (Wildman–Crippen MR) is 54.9 cm³/mol. The molecular formula is C10H20N2O2. The Bertz CT molecular complexity index is 189. The third-order valence-electron chi connectivity index (χ3n) is 2.71. The molecule has 0 aliphatic carbocycles. The Balaban J connectivity index is 2.52. The van der Waals surface area contributed by atoms with Crippen LogP contribution in [0.3, 0.4) is 0 Å². The van der Waals surface area contributed by atoms with Gasteiger partial charge in [0.1, 0.15) is 0 Å². The molecule has 4 heteroatoms. The molecule has 0 bridgehead atoms. The molecular weight excluding hydrogens is 180 g/mol. The van der Waals surface area contributed by atoms with Crippen molar-refractivity contribution >= 4 is 5.91 Å². The standard InChI is InChI=1S/C10H20N2O2/c1-2-5-12-10(8-9(11)13)3-6-14-7-4-10/h12H,2-8H2,1H3,(H2,11,13). The highest BCUT2D eigenvalue weighted by Crippen LogP contribution is 2.24. The summed E-state index contributed by atoms with van der Waals surface area (Å²) in [6, 6.07) is 0. The molecule has 1 rings (SSSR count). The van der Waals surface area contributed by atoms with Gasteiger partial charge in [0, 0.05) is 25.2 Å². The van der Waals surface area contributed by atoms with E-state index in [1.165, 1.54) is 0 Å². The Labute approximate surface area is 85.2 Å². The summed E-state index contributed by atoms with van der Waals surface area (Å²) in [5.41, 5.74) is 5.16. The Morgan fingerprint density at radius 3 is 2.64 bits per heavy atom.